The van der Waals surface area contributed by atoms with Crippen LogP contribution < -0.4 is 11.3 Å². The van der Waals surface area contributed by atoms with Crippen molar-refractivity contribution in [3.05, 3.63) is 28.3 Å². The minimum atomic E-state index is -0.322. The van der Waals surface area contributed by atoms with Crippen LogP contribution in [-0.2, 0) is 6.42 Å². The highest BCUT2D eigenvalue weighted by atomic mass is 16.5. The van der Waals surface area contributed by atoms with Crippen LogP contribution in [0.4, 0.5) is 5.82 Å². The van der Waals surface area contributed by atoms with E-state index >= 15 is 0 Å². The van der Waals surface area contributed by atoms with Gasteiger partial charge in [-0.05, 0) is 12.1 Å². The maximum Gasteiger partial charge on any atom is 0.284 e. The maximum atomic E-state index is 11.9. The summed E-state index contributed by atoms with van der Waals surface area (Å²) in [5, 5.41) is 4.68. The number of benzene rings is 1. The zero-order valence-electron chi connectivity index (χ0n) is 9.15. The molecule has 6 heteroatoms. The first-order valence-electron chi connectivity index (χ1n) is 5.27. The van der Waals surface area contributed by atoms with Crippen molar-refractivity contribution in [2.75, 3.05) is 5.73 Å². The number of aromatic nitrogens is 3. The molecule has 0 spiro atoms. The van der Waals surface area contributed by atoms with Crippen molar-refractivity contribution >= 4 is 27.7 Å². The Hall–Kier alpha value is -2.37. The fourth-order valence-electron chi connectivity index (χ4n) is 1.87. The topological polar surface area (TPSA) is 97.8 Å². The third-order valence-corrected chi connectivity index (χ3v) is 2.73. The van der Waals surface area contributed by atoms with Gasteiger partial charge in [0, 0.05) is 6.42 Å². The van der Waals surface area contributed by atoms with E-state index in [0.29, 0.717) is 34.1 Å². The normalized spacial score (nSPS) is 11.4. The number of nitrogens with two attached hydrogens (primary N) is 1. The van der Waals surface area contributed by atoms with Crippen LogP contribution in [0.2, 0.25) is 0 Å². The summed E-state index contributed by atoms with van der Waals surface area (Å²) in [5.41, 5.74) is 6.39. The highest BCUT2D eigenvalue weighted by Gasteiger charge is 2.13. The van der Waals surface area contributed by atoms with Crippen molar-refractivity contribution in [2.24, 2.45) is 0 Å². The predicted octanol–water partition coefficient (Wildman–Crippen LogP) is 1.21. The molecule has 0 aliphatic heterocycles. The fourth-order valence-corrected chi connectivity index (χ4v) is 1.87. The summed E-state index contributed by atoms with van der Waals surface area (Å²) in [6, 6.07) is 3.56. The molecular formula is C11H10N4O2. The number of nitrogen functional groups attached to an aromatic ring is 1. The van der Waals surface area contributed by atoms with Gasteiger partial charge < -0.3 is 15.2 Å². The summed E-state index contributed by atoms with van der Waals surface area (Å²) in [5.74, 6) is 0.926. The molecule has 2 heterocycles. The maximum absolute atomic E-state index is 11.9. The molecule has 0 radical (unpaired) electrons. The molecule has 0 amide bonds. The Kier molecular flexibility index (Phi) is 1.91. The molecule has 0 aliphatic carbocycles. The Labute approximate surface area is 95.4 Å². The summed E-state index contributed by atoms with van der Waals surface area (Å²) in [7, 11) is 0. The van der Waals surface area contributed by atoms with Gasteiger partial charge in [-0.1, -0.05) is 12.1 Å². The quantitative estimate of drug-likeness (QED) is 0.654. The second-order valence-corrected chi connectivity index (χ2v) is 3.77. The largest absolute Gasteiger partial charge is 0.380 e. The molecule has 2 aromatic heterocycles. The van der Waals surface area contributed by atoms with E-state index in [-0.39, 0.29) is 11.4 Å². The molecule has 3 rings (SSSR count). The lowest BCUT2D eigenvalue weighted by atomic mass is 10.2. The third-order valence-electron chi connectivity index (χ3n) is 2.73. The number of nitrogens with one attached hydrogen (secondary N) is 1. The zero-order chi connectivity index (χ0) is 12.0. The van der Waals surface area contributed by atoms with Crippen molar-refractivity contribution < 1.29 is 4.52 Å². The SMILES string of the molecule is CCc1nc(=O)c2c(ccc3c(N)noc32)[nH]1. The van der Waals surface area contributed by atoms with Crippen LogP contribution in [0, 0.1) is 0 Å². The molecule has 3 aromatic rings. The molecule has 3 N–H and O–H groups in total. The molecule has 0 bridgehead atoms. The molecular weight excluding hydrogens is 220 g/mol. The summed E-state index contributed by atoms with van der Waals surface area (Å²) in [6.45, 7) is 1.93. The van der Waals surface area contributed by atoms with Gasteiger partial charge in [0.1, 0.15) is 11.2 Å². The lowest BCUT2D eigenvalue weighted by molar-refractivity contribution is 0.462. The average molecular weight is 230 g/mol. The van der Waals surface area contributed by atoms with Gasteiger partial charge in [-0.15, -0.1) is 0 Å². The number of nitrogens with zero attached hydrogens (tertiary/aromatic N) is 2. The van der Waals surface area contributed by atoms with E-state index in [2.05, 4.69) is 15.1 Å². The zero-order valence-corrected chi connectivity index (χ0v) is 9.15. The first kappa shape index (κ1) is 9.83. The minimum absolute atomic E-state index is 0.279. The van der Waals surface area contributed by atoms with E-state index in [9.17, 15) is 4.79 Å². The molecule has 0 atom stereocenters. The van der Waals surface area contributed by atoms with Gasteiger partial charge in [-0.25, -0.2) is 0 Å². The van der Waals surface area contributed by atoms with Crippen LogP contribution in [0.5, 0.6) is 0 Å². The second kappa shape index (κ2) is 3.31. The van der Waals surface area contributed by atoms with E-state index in [0.717, 1.165) is 0 Å². The number of hydrogen-bond donors (Lipinski definition) is 2. The molecule has 17 heavy (non-hydrogen) atoms. The number of H-pyrrole nitrogens is 1. The monoisotopic (exact) mass is 230 g/mol. The molecule has 86 valence electrons. The van der Waals surface area contributed by atoms with Gasteiger partial charge in [0.25, 0.3) is 5.56 Å². The molecule has 0 aliphatic rings. The summed E-state index contributed by atoms with van der Waals surface area (Å²) < 4.78 is 5.08. The molecule has 0 unspecified atom stereocenters. The van der Waals surface area contributed by atoms with Crippen LogP contribution in [-0.4, -0.2) is 15.1 Å². The van der Waals surface area contributed by atoms with Gasteiger partial charge in [0.05, 0.1) is 10.9 Å². The Morgan fingerprint density at radius 2 is 2.29 bits per heavy atom. The predicted molar refractivity (Wildman–Crippen MR) is 63.7 cm³/mol. The van der Waals surface area contributed by atoms with E-state index in [4.69, 9.17) is 10.3 Å². The van der Waals surface area contributed by atoms with Gasteiger partial charge in [-0.2, -0.15) is 4.98 Å². The number of aryl methyl sites for hydroxylation is 1. The van der Waals surface area contributed by atoms with E-state index in [1.165, 1.54) is 0 Å². The van der Waals surface area contributed by atoms with Crippen LogP contribution in [0.3, 0.4) is 0 Å². The van der Waals surface area contributed by atoms with Crippen LogP contribution in [0.15, 0.2) is 21.5 Å². The van der Waals surface area contributed by atoms with Crippen LogP contribution in [0.1, 0.15) is 12.7 Å². The van der Waals surface area contributed by atoms with E-state index < -0.39 is 0 Å². The van der Waals surface area contributed by atoms with Crippen molar-refractivity contribution in [1.29, 1.82) is 0 Å². The molecule has 0 saturated carbocycles. The third kappa shape index (κ3) is 1.30. The van der Waals surface area contributed by atoms with E-state index in [1.807, 2.05) is 6.92 Å². The molecule has 0 saturated heterocycles. The first-order valence-corrected chi connectivity index (χ1v) is 5.27. The minimum Gasteiger partial charge on any atom is -0.380 e. The summed E-state index contributed by atoms with van der Waals surface area (Å²) in [6.07, 6.45) is 0.668. The molecule has 6 nitrogen and oxygen atoms in total. The van der Waals surface area contributed by atoms with Gasteiger partial charge in [0.2, 0.25) is 0 Å². The number of anilines is 1. The number of fused-ring (bicyclic) bond motifs is 3. The van der Waals surface area contributed by atoms with Crippen molar-refractivity contribution in [3.8, 4) is 0 Å². The van der Waals surface area contributed by atoms with Gasteiger partial charge in [-0.3, -0.25) is 4.79 Å². The smallest absolute Gasteiger partial charge is 0.284 e. The number of rotatable bonds is 1. The Morgan fingerprint density at radius 1 is 1.47 bits per heavy atom. The molecule has 0 fully saturated rings. The lowest BCUT2D eigenvalue weighted by Gasteiger charge is -2.00. The Bertz CT molecular complexity index is 772. The Morgan fingerprint density at radius 3 is 3.06 bits per heavy atom. The highest BCUT2D eigenvalue weighted by molar-refractivity contribution is 6.05. The summed E-state index contributed by atoms with van der Waals surface area (Å²) in [4.78, 5) is 18.9. The molecule has 1 aromatic carbocycles. The van der Waals surface area contributed by atoms with Crippen LogP contribution >= 0.6 is 0 Å². The van der Waals surface area contributed by atoms with E-state index in [1.54, 1.807) is 12.1 Å². The number of aromatic amines is 1. The average Bonchev–Trinajstić information content (AvgIpc) is 2.70. The first-order chi connectivity index (χ1) is 8.20. The number of hydrogen-bond acceptors (Lipinski definition) is 5. The van der Waals surface area contributed by atoms with Gasteiger partial charge in [0.15, 0.2) is 11.4 Å². The fraction of sp³-hybridized carbons (Fsp3) is 0.182. The van der Waals surface area contributed by atoms with Crippen molar-refractivity contribution in [3.63, 3.8) is 0 Å². The summed E-state index contributed by atoms with van der Waals surface area (Å²) >= 11 is 0. The second-order valence-electron chi connectivity index (χ2n) is 3.77. The van der Waals surface area contributed by atoms with Crippen LogP contribution in [0.25, 0.3) is 21.9 Å². The highest BCUT2D eigenvalue weighted by Crippen LogP contribution is 2.25. The van der Waals surface area contributed by atoms with Crippen molar-refractivity contribution in [1.82, 2.24) is 15.1 Å². The Balaban J connectivity index is 2.55. The lowest BCUT2D eigenvalue weighted by Crippen LogP contribution is -2.11. The van der Waals surface area contributed by atoms with Crippen molar-refractivity contribution in [2.45, 2.75) is 13.3 Å². The van der Waals surface area contributed by atoms with Gasteiger partial charge >= 0.3 is 0 Å². The standard InChI is InChI=1S/C11H10N4O2/c1-2-7-13-6-4-3-5-9(17-15-10(5)12)8(6)11(16)14-7/h3-4H,2H2,1H3,(H2,12,15)(H,13,14,16).